The quantitative estimate of drug-likeness (QED) is 0.664. The zero-order chi connectivity index (χ0) is 13.9. The Labute approximate surface area is 129 Å². The number of nitrogens with one attached hydrogen (secondary N) is 1. The minimum absolute atomic E-state index is 0.163. The Hall–Kier alpha value is -0.360. The molecule has 3 rings (SSSR count). The summed E-state index contributed by atoms with van der Waals surface area (Å²) < 4.78 is 5.95. The van der Waals surface area contributed by atoms with Gasteiger partial charge in [0.25, 0.3) is 0 Å². The van der Waals surface area contributed by atoms with Crippen molar-refractivity contribution in [3.63, 3.8) is 0 Å². The van der Waals surface area contributed by atoms with Crippen LogP contribution in [0.1, 0.15) is 30.5 Å². The summed E-state index contributed by atoms with van der Waals surface area (Å²) in [4.78, 5) is 0. The van der Waals surface area contributed by atoms with Crippen molar-refractivity contribution in [2.45, 2.75) is 36.3 Å². The van der Waals surface area contributed by atoms with Crippen LogP contribution in [0.25, 0.3) is 0 Å². The van der Waals surface area contributed by atoms with E-state index in [1.807, 2.05) is 23.5 Å². The number of para-hydroxylation sites is 1. The number of fused-ring (bicyclic) bond motifs is 1. The number of thioether (sulfide) groups is 2. The Morgan fingerprint density at radius 3 is 3.00 bits per heavy atom. The molecule has 3 nitrogen and oxygen atoms in total. The molecule has 110 valence electrons. The Balaban J connectivity index is 1.92. The molecule has 1 aromatic rings. The van der Waals surface area contributed by atoms with Gasteiger partial charge >= 0.3 is 0 Å². The first-order valence-electron chi connectivity index (χ1n) is 7.25. The third kappa shape index (κ3) is 2.82. The lowest BCUT2D eigenvalue weighted by atomic mass is 9.95. The molecule has 1 aromatic carbocycles. The number of rotatable bonds is 3. The van der Waals surface area contributed by atoms with Crippen LogP contribution in [0.3, 0.4) is 0 Å². The van der Waals surface area contributed by atoms with E-state index in [0.29, 0.717) is 10.5 Å². The monoisotopic (exact) mass is 310 g/mol. The summed E-state index contributed by atoms with van der Waals surface area (Å²) in [6.45, 7) is 3.13. The average Bonchev–Trinajstić information content (AvgIpc) is 2.50. The molecule has 2 aliphatic rings. The lowest BCUT2D eigenvalue weighted by molar-refractivity contribution is 0.281. The summed E-state index contributed by atoms with van der Waals surface area (Å²) in [5, 5.41) is 1.10. The van der Waals surface area contributed by atoms with Gasteiger partial charge in [0.05, 0.1) is 12.6 Å². The van der Waals surface area contributed by atoms with Crippen molar-refractivity contribution in [2.75, 3.05) is 18.1 Å². The summed E-state index contributed by atoms with van der Waals surface area (Å²) in [7, 11) is 0. The molecule has 0 saturated carbocycles. The van der Waals surface area contributed by atoms with Crippen molar-refractivity contribution in [3.8, 4) is 5.75 Å². The highest BCUT2D eigenvalue weighted by Gasteiger charge is 2.33. The lowest BCUT2D eigenvalue weighted by Gasteiger charge is -2.35. The summed E-state index contributed by atoms with van der Waals surface area (Å²) in [5.74, 6) is 9.42. The first-order valence-corrected chi connectivity index (χ1v) is 9.35. The van der Waals surface area contributed by atoms with Crippen LogP contribution in [0.2, 0.25) is 0 Å². The number of hydrogen-bond donors (Lipinski definition) is 2. The molecule has 3 N–H and O–H groups in total. The van der Waals surface area contributed by atoms with Gasteiger partial charge in [-0.3, -0.25) is 11.3 Å². The molecule has 0 amide bonds. The molecule has 20 heavy (non-hydrogen) atoms. The number of hydrogen-bond acceptors (Lipinski definition) is 5. The second-order valence-corrected chi connectivity index (χ2v) is 8.11. The molecule has 3 atom stereocenters. The molecule has 0 aromatic heterocycles. The van der Waals surface area contributed by atoms with Crippen LogP contribution in [0, 0.1) is 0 Å². The SMILES string of the molecule is CC1SCCSC1C(NN)c1cccc2c1OCCC2. The fourth-order valence-electron chi connectivity index (χ4n) is 3.04. The van der Waals surface area contributed by atoms with Crippen molar-refractivity contribution in [1.29, 1.82) is 0 Å². The average molecular weight is 310 g/mol. The van der Waals surface area contributed by atoms with Crippen LogP contribution < -0.4 is 16.0 Å². The third-order valence-corrected chi connectivity index (χ3v) is 7.24. The van der Waals surface area contributed by atoms with E-state index in [-0.39, 0.29) is 6.04 Å². The van der Waals surface area contributed by atoms with E-state index in [1.165, 1.54) is 22.6 Å². The van der Waals surface area contributed by atoms with Crippen molar-refractivity contribution >= 4 is 23.5 Å². The normalized spacial score (nSPS) is 27.5. The zero-order valence-electron chi connectivity index (χ0n) is 11.8. The van der Waals surface area contributed by atoms with Gasteiger partial charge in [0, 0.05) is 27.6 Å². The fraction of sp³-hybridized carbons (Fsp3) is 0.600. The first kappa shape index (κ1) is 14.6. The van der Waals surface area contributed by atoms with Crippen LogP contribution in [0.5, 0.6) is 5.75 Å². The molecule has 3 unspecified atom stereocenters. The molecule has 0 bridgehead atoms. The van der Waals surface area contributed by atoms with E-state index < -0.39 is 0 Å². The van der Waals surface area contributed by atoms with Gasteiger partial charge in [0.2, 0.25) is 0 Å². The molecule has 0 spiro atoms. The molecule has 5 heteroatoms. The lowest BCUT2D eigenvalue weighted by Crippen LogP contribution is -2.41. The number of hydrazine groups is 1. The summed E-state index contributed by atoms with van der Waals surface area (Å²) >= 11 is 4.08. The fourth-order valence-corrected chi connectivity index (χ4v) is 5.96. The van der Waals surface area contributed by atoms with E-state index in [9.17, 15) is 0 Å². The highest BCUT2D eigenvalue weighted by molar-refractivity contribution is 8.07. The van der Waals surface area contributed by atoms with Crippen LogP contribution in [0.15, 0.2) is 18.2 Å². The third-order valence-electron chi connectivity index (χ3n) is 4.04. The van der Waals surface area contributed by atoms with Gasteiger partial charge in [-0.15, -0.1) is 0 Å². The summed E-state index contributed by atoms with van der Waals surface area (Å²) in [6.07, 6.45) is 2.23. The second-order valence-electron chi connectivity index (χ2n) is 5.34. The summed E-state index contributed by atoms with van der Waals surface area (Å²) in [6, 6.07) is 6.65. The maximum absolute atomic E-state index is 5.95. The Morgan fingerprint density at radius 2 is 2.20 bits per heavy atom. The molecule has 0 radical (unpaired) electrons. The molecule has 0 aliphatic carbocycles. The molecule has 2 heterocycles. The van der Waals surface area contributed by atoms with Crippen LogP contribution in [-0.4, -0.2) is 28.6 Å². The number of aryl methyl sites for hydroxylation is 1. The molecule has 1 fully saturated rings. The Morgan fingerprint density at radius 1 is 1.35 bits per heavy atom. The van der Waals surface area contributed by atoms with E-state index >= 15 is 0 Å². The molecule has 1 saturated heterocycles. The van der Waals surface area contributed by atoms with Gasteiger partial charge < -0.3 is 4.74 Å². The zero-order valence-corrected chi connectivity index (χ0v) is 13.4. The maximum Gasteiger partial charge on any atom is 0.127 e. The van der Waals surface area contributed by atoms with E-state index in [4.69, 9.17) is 10.6 Å². The Kier molecular flexibility index (Phi) is 4.81. The van der Waals surface area contributed by atoms with Crippen LogP contribution in [-0.2, 0) is 6.42 Å². The largest absolute Gasteiger partial charge is 0.493 e. The van der Waals surface area contributed by atoms with Gasteiger partial charge in [-0.1, -0.05) is 25.1 Å². The highest BCUT2D eigenvalue weighted by Crippen LogP contribution is 2.42. The topological polar surface area (TPSA) is 47.3 Å². The highest BCUT2D eigenvalue weighted by atomic mass is 32.2. The second kappa shape index (κ2) is 6.60. The van der Waals surface area contributed by atoms with Crippen LogP contribution >= 0.6 is 23.5 Å². The van der Waals surface area contributed by atoms with E-state index in [2.05, 4.69) is 30.5 Å². The van der Waals surface area contributed by atoms with Crippen molar-refractivity contribution in [1.82, 2.24) is 5.43 Å². The summed E-state index contributed by atoms with van der Waals surface area (Å²) in [5.41, 5.74) is 5.62. The molecular weight excluding hydrogens is 288 g/mol. The van der Waals surface area contributed by atoms with Crippen molar-refractivity contribution in [2.24, 2.45) is 5.84 Å². The van der Waals surface area contributed by atoms with E-state index in [0.717, 1.165) is 25.2 Å². The van der Waals surface area contributed by atoms with Gasteiger partial charge in [0.15, 0.2) is 0 Å². The number of benzene rings is 1. The van der Waals surface area contributed by atoms with Gasteiger partial charge in [-0.25, -0.2) is 0 Å². The smallest absolute Gasteiger partial charge is 0.127 e. The standard InChI is InChI=1S/C15H22N2OS2/c1-10-15(20-9-8-19-10)13(17-16)12-6-2-4-11-5-3-7-18-14(11)12/h2,4,6,10,13,15,17H,3,5,7-9,16H2,1H3. The van der Waals surface area contributed by atoms with Gasteiger partial charge in [-0.05, 0) is 18.4 Å². The number of nitrogens with two attached hydrogens (primary N) is 1. The molecule has 2 aliphatic heterocycles. The van der Waals surface area contributed by atoms with Crippen molar-refractivity contribution in [3.05, 3.63) is 29.3 Å². The molecular formula is C15H22N2OS2. The number of ether oxygens (including phenoxy) is 1. The van der Waals surface area contributed by atoms with Crippen LogP contribution in [0.4, 0.5) is 0 Å². The predicted molar refractivity (Wildman–Crippen MR) is 88.5 cm³/mol. The van der Waals surface area contributed by atoms with E-state index in [1.54, 1.807) is 0 Å². The maximum atomic E-state index is 5.95. The van der Waals surface area contributed by atoms with Crippen molar-refractivity contribution < 1.29 is 4.74 Å². The minimum atomic E-state index is 0.163. The first-order chi connectivity index (χ1) is 9.81. The van der Waals surface area contributed by atoms with Gasteiger partial charge in [-0.2, -0.15) is 23.5 Å². The predicted octanol–water partition coefficient (Wildman–Crippen LogP) is 2.75. The minimum Gasteiger partial charge on any atom is -0.493 e. The van der Waals surface area contributed by atoms with Gasteiger partial charge in [0.1, 0.15) is 5.75 Å². The Bertz CT molecular complexity index is 469.